The Balaban J connectivity index is 1.28. The molecule has 0 bridgehead atoms. The standard InChI is InChI=1S/C29H33N3O2Si/c1-18-4-9-21(34-28(35)25-10-14-31-25)17-23(18)27(33)32-29(11-12-29)24-15-20(8-7-19-5-6-19)16-26-22(24)3-2-13-30-26/h2-4,7-9,13,15-17,19,25,28,31H,5-6,10-12,14H2,1,35H3,(H,32,33)/b8-7+/t25-,28?/m0/s1. The van der Waals surface area contributed by atoms with Gasteiger partial charge >= 0.3 is 0 Å². The molecule has 2 aromatic carbocycles. The van der Waals surface area contributed by atoms with Crippen LogP contribution in [0.2, 0.25) is 0 Å². The summed E-state index contributed by atoms with van der Waals surface area (Å²) < 4.78 is 6.22. The van der Waals surface area contributed by atoms with Crippen LogP contribution in [-0.2, 0) is 5.54 Å². The largest absolute Gasteiger partial charge is 0.494 e. The van der Waals surface area contributed by atoms with E-state index in [2.05, 4.69) is 46.0 Å². The molecule has 2 saturated carbocycles. The number of nitrogens with zero attached hydrogens (tertiary/aromatic N) is 1. The highest BCUT2D eigenvalue weighted by atomic mass is 28.1. The summed E-state index contributed by atoms with van der Waals surface area (Å²) in [6, 6.07) is 14.8. The summed E-state index contributed by atoms with van der Waals surface area (Å²) in [6.45, 7) is 3.06. The Morgan fingerprint density at radius 2 is 2.06 bits per heavy atom. The number of hydrogen-bond acceptors (Lipinski definition) is 4. The number of carbonyl (C=O) groups excluding carboxylic acids is 1. The molecule has 2 N–H and O–H groups in total. The van der Waals surface area contributed by atoms with E-state index in [4.69, 9.17) is 4.74 Å². The zero-order valence-electron chi connectivity index (χ0n) is 20.5. The molecular weight excluding hydrogens is 450 g/mol. The van der Waals surface area contributed by atoms with Crippen molar-refractivity contribution in [3.05, 3.63) is 77.0 Å². The van der Waals surface area contributed by atoms with E-state index in [1.807, 2.05) is 37.4 Å². The van der Waals surface area contributed by atoms with Crippen LogP contribution >= 0.6 is 0 Å². The van der Waals surface area contributed by atoms with Gasteiger partial charge in [0.2, 0.25) is 0 Å². The van der Waals surface area contributed by atoms with Gasteiger partial charge in [0.15, 0.2) is 0 Å². The van der Waals surface area contributed by atoms with Crippen LogP contribution in [-0.4, -0.2) is 39.4 Å². The van der Waals surface area contributed by atoms with Crippen LogP contribution in [0.5, 0.6) is 5.75 Å². The third-order valence-electron chi connectivity index (χ3n) is 7.75. The molecule has 1 aromatic heterocycles. The topological polar surface area (TPSA) is 63.2 Å². The molecule has 6 heteroatoms. The number of hydrogen-bond donors (Lipinski definition) is 2. The lowest BCUT2D eigenvalue weighted by atomic mass is 9.95. The quantitative estimate of drug-likeness (QED) is 0.478. The minimum atomic E-state index is -0.346. The highest BCUT2D eigenvalue weighted by Gasteiger charge is 2.47. The number of ether oxygens (including phenoxy) is 1. The van der Waals surface area contributed by atoms with Gasteiger partial charge in [-0.15, -0.1) is 0 Å². The van der Waals surface area contributed by atoms with E-state index in [-0.39, 0.29) is 17.2 Å². The number of rotatable bonds is 8. The summed E-state index contributed by atoms with van der Waals surface area (Å²) in [5.41, 5.74) is 4.83. The van der Waals surface area contributed by atoms with Crippen molar-refractivity contribution in [2.24, 2.45) is 5.92 Å². The molecule has 1 unspecified atom stereocenters. The Hall–Kier alpha value is -2.96. The molecule has 6 rings (SSSR count). The smallest absolute Gasteiger partial charge is 0.252 e. The highest BCUT2D eigenvalue weighted by molar-refractivity contribution is 6.11. The Morgan fingerprint density at radius 3 is 2.77 bits per heavy atom. The first-order valence-corrected chi connectivity index (χ1v) is 14.1. The SMILES string of the molecule is Cc1ccc(OC([SiH3])[C@@H]2CCN2)cc1C(=O)NC1(c2cc(/C=C/C3CC3)cc3ncccc23)CC1. The number of aromatic nitrogens is 1. The maximum Gasteiger partial charge on any atom is 0.252 e. The molecule has 2 aliphatic carbocycles. The maximum absolute atomic E-state index is 13.6. The second-order valence-corrected chi connectivity index (χ2v) is 11.7. The molecule has 1 aliphatic heterocycles. The van der Waals surface area contributed by atoms with Gasteiger partial charge in [-0.05, 0) is 98.5 Å². The molecule has 1 amide bonds. The van der Waals surface area contributed by atoms with Crippen LogP contribution in [0.4, 0.5) is 0 Å². The number of carbonyl (C=O) groups is 1. The second-order valence-electron chi connectivity index (χ2n) is 10.5. The second kappa shape index (κ2) is 8.92. The highest BCUT2D eigenvalue weighted by Crippen LogP contribution is 2.48. The summed E-state index contributed by atoms with van der Waals surface area (Å²) >= 11 is 0. The number of aryl methyl sites for hydroxylation is 1. The van der Waals surface area contributed by atoms with Gasteiger partial charge in [0.1, 0.15) is 5.75 Å². The molecule has 5 nitrogen and oxygen atoms in total. The summed E-state index contributed by atoms with van der Waals surface area (Å²) in [5, 5.41) is 7.96. The van der Waals surface area contributed by atoms with Crippen LogP contribution in [0.15, 0.2) is 54.7 Å². The van der Waals surface area contributed by atoms with Gasteiger partial charge in [0.25, 0.3) is 5.91 Å². The summed E-state index contributed by atoms with van der Waals surface area (Å²) in [6.07, 6.45) is 12.0. The molecule has 2 atom stereocenters. The Labute approximate surface area is 209 Å². The van der Waals surface area contributed by atoms with E-state index in [9.17, 15) is 4.79 Å². The predicted molar refractivity (Wildman–Crippen MR) is 144 cm³/mol. The molecule has 2 heterocycles. The van der Waals surface area contributed by atoms with Crippen LogP contribution in [0, 0.1) is 12.8 Å². The minimum absolute atomic E-state index is 0.0342. The van der Waals surface area contributed by atoms with Crippen molar-refractivity contribution in [3.8, 4) is 5.75 Å². The van der Waals surface area contributed by atoms with Gasteiger partial charge in [-0.1, -0.05) is 24.3 Å². The predicted octanol–water partition coefficient (Wildman–Crippen LogP) is 3.82. The number of allylic oxidation sites excluding steroid dienone is 1. The molecule has 0 radical (unpaired) electrons. The average molecular weight is 484 g/mol. The molecule has 3 aliphatic rings. The zero-order chi connectivity index (χ0) is 24.0. The number of amides is 1. The van der Waals surface area contributed by atoms with E-state index < -0.39 is 0 Å². The minimum Gasteiger partial charge on any atom is -0.494 e. The molecule has 1 saturated heterocycles. The third kappa shape index (κ3) is 4.65. The van der Waals surface area contributed by atoms with Crippen molar-refractivity contribution in [1.29, 1.82) is 0 Å². The first-order chi connectivity index (χ1) is 17.0. The van der Waals surface area contributed by atoms with Crippen molar-refractivity contribution in [3.63, 3.8) is 0 Å². The third-order valence-corrected chi connectivity index (χ3v) is 8.79. The maximum atomic E-state index is 13.6. The molecule has 3 fully saturated rings. The van der Waals surface area contributed by atoms with Crippen LogP contribution in [0.3, 0.4) is 0 Å². The van der Waals surface area contributed by atoms with Gasteiger partial charge in [-0.2, -0.15) is 0 Å². The van der Waals surface area contributed by atoms with Crippen molar-refractivity contribution in [1.82, 2.24) is 15.6 Å². The first kappa shape index (κ1) is 22.5. The number of pyridine rings is 1. The van der Waals surface area contributed by atoms with Crippen molar-refractivity contribution in [2.45, 2.75) is 56.3 Å². The fourth-order valence-electron chi connectivity index (χ4n) is 5.03. The molecule has 35 heavy (non-hydrogen) atoms. The van der Waals surface area contributed by atoms with Gasteiger partial charge in [0.05, 0.1) is 27.0 Å². The van der Waals surface area contributed by atoms with E-state index in [1.54, 1.807) is 0 Å². The first-order valence-electron chi connectivity index (χ1n) is 12.9. The van der Waals surface area contributed by atoms with E-state index in [0.29, 0.717) is 11.6 Å². The fourth-order valence-corrected chi connectivity index (χ4v) is 5.87. The average Bonchev–Trinajstić information content (AvgIpc) is 3.74. The molecule has 3 aromatic rings. The lowest BCUT2D eigenvalue weighted by molar-refractivity contribution is 0.0929. The van der Waals surface area contributed by atoms with Crippen molar-refractivity contribution >= 4 is 33.1 Å². The normalized spacial score (nSPS) is 21.6. The van der Waals surface area contributed by atoms with E-state index >= 15 is 0 Å². The summed E-state index contributed by atoms with van der Waals surface area (Å²) in [7, 11) is 0.945. The van der Waals surface area contributed by atoms with Gasteiger partial charge in [0, 0.05) is 23.2 Å². The van der Waals surface area contributed by atoms with E-state index in [1.165, 1.54) is 18.4 Å². The molecule has 0 spiro atoms. The monoisotopic (exact) mass is 483 g/mol. The van der Waals surface area contributed by atoms with Gasteiger partial charge in [-0.25, -0.2) is 0 Å². The van der Waals surface area contributed by atoms with E-state index in [0.717, 1.165) is 69.7 Å². The molecule has 180 valence electrons. The Bertz CT molecular complexity index is 1310. The Morgan fingerprint density at radius 1 is 1.23 bits per heavy atom. The van der Waals surface area contributed by atoms with Gasteiger partial charge < -0.3 is 15.4 Å². The fraction of sp³-hybridized carbons (Fsp3) is 0.379. The van der Waals surface area contributed by atoms with Crippen LogP contribution in [0.25, 0.3) is 17.0 Å². The molecular formula is C29H33N3O2Si. The number of fused-ring (bicyclic) bond motifs is 1. The van der Waals surface area contributed by atoms with Crippen molar-refractivity contribution in [2.75, 3.05) is 6.54 Å². The summed E-state index contributed by atoms with van der Waals surface area (Å²) in [4.78, 5) is 18.2. The van der Waals surface area contributed by atoms with Crippen LogP contribution < -0.4 is 15.4 Å². The number of benzene rings is 2. The van der Waals surface area contributed by atoms with Crippen molar-refractivity contribution < 1.29 is 9.53 Å². The summed E-state index contributed by atoms with van der Waals surface area (Å²) in [5.74, 6) is 1.46. The van der Waals surface area contributed by atoms with Gasteiger partial charge in [-0.3, -0.25) is 9.78 Å². The zero-order valence-corrected chi connectivity index (χ0v) is 22.5. The van der Waals surface area contributed by atoms with Crippen LogP contribution in [0.1, 0.15) is 59.2 Å². The Kier molecular flexibility index (Phi) is 5.73. The number of nitrogens with one attached hydrogen (secondary N) is 2. The lowest BCUT2D eigenvalue weighted by Gasteiger charge is -2.33. The lowest BCUT2D eigenvalue weighted by Crippen LogP contribution is -2.53.